The molecular formula is C34H34N4O4. The molecule has 0 spiro atoms. The highest BCUT2D eigenvalue weighted by Crippen LogP contribution is 2.30. The maximum Gasteiger partial charge on any atom is 0.303 e. The van der Waals surface area contributed by atoms with Crippen molar-refractivity contribution in [2.75, 3.05) is 0 Å². The van der Waals surface area contributed by atoms with E-state index in [9.17, 15) is 19.8 Å². The quantitative estimate of drug-likeness (QED) is 0.288. The molecule has 2 aliphatic rings. The third-order valence-corrected chi connectivity index (χ3v) is 8.14. The van der Waals surface area contributed by atoms with E-state index in [1.807, 2.05) is 45.1 Å². The van der Waals surface area contributed by atoms with Gasteiger partial charge in [0.25, 0.3) is 0 Å². The van der Waals surface area contributed by atoms with Crippen LogP contribution in [0.5, 0.6) is 0 Å². The molecule has 42 heavy (non-hydrogen) atoms. The average Bonchev–Trinajstić information content (AvgIpc) is 3.59. The van der Waals surface area contributed by atoms with Gasteiger partial charge < -0.3 is 25.2 Å². The second kappa shape index (κ2) is 11.0. The molecule has 0 aliphatic carbocycles. The molecule has 5 heterocycles. The largest absolute Gasteiger partial charge is 0.481 e. The minimum Gasteiger partial charge on any atom is -0.481 e. The average molecular weight is 563 g/mol. The first-order valence-electron chi connectivity index (χ1n) is 13.8. The van der Waals surface area contributed by atoms with E-state index in [0.29, 0.717) is 23.4 Å². The summed E-state index contributed by atoms with van der Waals surface area (Å²) in [4.78, 5) is 38.5. The first-order valence-corrected chi connectivity index (χ1v) is 13.8. The van der Waals surface area contributed by atoms with E-state index in [1.165, 1.54) is 0 Å². The molecular weight excluding hydrogens is 528 g/mol. The number of nitrogens with one attached hydrogen (secondary N) is 3. The van der Waals surface area contributed by atoms with Gasteiger partial charge in [0.2, 0.25) is 0 Å². The number of aliphatic carboxylic acids is 2. The number of hydrogen-bond donors (Lipinski definition) is 5. The number of nitrogens with zero attached hydrogens (tertiary/aromatic N) is 1. The van der Waals surface area contributed by atoms with E-state index in [4.69, 9.17) is 4.99 Å². The van der Waals surface area contributed by atoms with Gasteiger partial charge in [-0.2, -0.15) is 0 Å². The number of hydrogen-bond acceptors (Lipinski definition) is 3. The second-order valence-corrected chi connectivity index (χ2v) is 10.7. The molecule has 0 saturated heterocycles. The number of aliphatic imine (C=N–C) groups is 1. The Balaban J connectivity index is 1.90. The topological polar surface area (TPSA) is 134 Å². The number of rotatable bonds is 8. The van der Waals surface area contributed by atoms with Crippen LogP contribution in [0.2, 0.25) is 0 Å². The summed E-state index contributed by atoms with van der Waals surface area (Å²) in [6.45, 7) is 18.4. The number of aromatic nitrogens is 3. The van der Waals surface area contributed by atoms with Crippen LogP contribution in [0, 0.1) is 20.8 Å². The van der Waals surface area contributed by atoms with Crippen LogP contribution in [0.15, 0.2) is 41.6 Å². The van der Waals surface area contributed by atoms with Crippen LogP contribution in [-0.2, 0) is 16.0 Å². The van der Waals surface area contributed by atoms with Gasteiger partial charge in [-0.3, -0.25) is 9.59 Å². The summed E-state index contributed by atoms with van der Waals surface area (Å²) in [5.74, 6) is -1.79. The lowest BCUT2D eigenvalue weighted by atomic mass is 9.98. The lowest BCUT2D eigenvalue weighted by molar-refractivity contribution is -0.138. The summed E-state index contributed by atoms with van der Waals surface area (Å²) in [7, 11) is 0. The van der Waals surface area contributed by atoms with Crippen LogP contribution in [0.1, 0.15) is 64.0 Å². The summed E-state index contributed by atoms with van der Waals surface area (Å²) in [5, 5.41) is 22.2. The summed E-state index contributed by atoms with van der Waals surface area (Å²) >= 11 is 0. The van der Waals surface area contributed by atoms with Gasteiger partial charge in [-0.25, -0.2) is 4.99 Å². The third kappa shape index (κ3) is 5.07. The maximum atomic E-state index is 11.5. The molecule has 8 heteroatoms. The Hall–Kier alpha value is -5.11. The molecule has 214 valence electrons. The molecule has 0 unspecified atom stereocenters. The number of carboxylic acids is 2. The maximum absolute atomic E-state index is 11.5. The second-order valence-electron chi connectivity index (χ2n) is 10.7. The van der Waals surface area contributed by atoms with Crippen LogP contribution >= 0.6 is 0 Å². The highest BCUT2D eigenvalue weighted by Gasteiger charge is 2.22. The number of carbonyl (C=O) groups is 2. The standard InChI is InChI=1S/C34H34N4O4/c1-7-21-17(3)25-13-26-19(5)23(9-11-33(39)40)31(37-26)16-32-24(10-12-34(41)42)20(6)28(38-32)15-30-22(8-2)18(4)27(36-30)14-29(21)35-25/h7-8,13-16,35-37H,1-2,6,9-12H2,3-5H3,(H,39,40)(H,41,42)/b26-13-,27-14?,30-15?,31-16-. The van der Waals surface area contributed by atoms with Crippen molar-refractivity contribution in [2.45, 2.75) is 46.5 Å². The molecule has 3 aromatic rings. The third-order valence-electron chi connectivity index (χ3n) is 8.14. The van der Waals surface area contributed by atoms with Gasteiger partial charge in [-0.05, 0) is 91.3 Å². The van der Waals surface area contributed by atoms with Crippen molar-refractivity contribution >= 4 is 54.1 Å². The van der Waals surface area contributed by atoms with Crippen molar-refractivity contribution in [1.82, 2.24) is 15.0 Å². The van der Waals surface area contributed by atoms with Crippen molar-refractivity contribution in [2.24, 2.45) is 4.99 Å². The van der Waals surface area contributed by atoms with Gasteiger partial charge in [0.05, 0.1) is 11.4 Å². The zero-order valence-electron chi connectivity index (χ0n) is 24.1. The Morgan fingerprint density at radius 1 is 0.762 bits per heavy atom. The minimum atomic E-state index is -0.909. The Kier molecular flexibility index (Phi) is 7.47. The fraction of sp³-hybridized carbons (Fsp3) is 0.206. The van der Waals surface area contributed by atoms with E-state index in [0.717, 1.165) is 71.7 Å². The van der Waals surface area contributed by atoms with Crippen LogP contribution in [0.25, 0.3) is 36.5 Å². The Morgan fingerprint density at radius 2 is 1.38 bits per heavy atom. The molecule has 0 aromatic carbocycles. The van der Waals surface area contributed by atoms with Gasteiger partial charge in [0.1, 0.15) is 0 Å². The molecule has 0 atom stereocenters. The fourth-order valence-electron chi connectivity index (χ4n) is 5.74. The van der Waals surface area contributed by atoms with Gasteiger partial charge in [0, 0.05) is 56.8 Å². The van der Waals surface area contributed by atoms with Crippen LogP contribution < -0.4 is 21.4 Å². The SMILES string of the molecule is C=Cc1c2[nH]c(c1C)/C=c1\[nH]/c(c(CCC(=O)O)c1C)=C\C1=C(CCC(=O)O)C(=C)C(=N1)C=c1[nH]c(c(C)c1C=C)=C2. The monoisotopic (exact) mass is 562 g/mol. The normalized spacial score (nSPS) is 15.6. The minimum absolute atomic E-state index is 0.0290. The fourth-order valence-corrected chi connectivity index (χ4v) is 5.74. The molecule has 5 rings (SSSR count). The molecule has 8 bridgehead atoms. The number of fused-ring (bicyclic) bond motifs is 7. The van der Waals surface area contributed by atoms with Crippen LogP contribution in [0.3, 0.4) is 0 Å². The van der Waals surface area contributed by atoms with Crippen LogP contribution in [-0.4, -0.2) is 42.8 Å². The molecule has 0 amide bonds. The zero-order chi connectivity index (χ0) is 30.3. The predicted octanol–water partition coefficient (Wildman–Crippen LogP) is 3.26. The van der Waals surface area contributed by atoms with Gasteiger partial charge >= 0.3 is 11.9 Å². The summed E-state index contributed by atoms with van der Waals surface area (Å²) < 4.78 is 0. The predicted molar refractivity (Wildman–Crippen MR) is 168 cm³/mol. The Morgan fingerprint density at radius 3 is 2.05 bits per heavy atom. The van der Waals surface area contributed by atoms with Crippen molar-refractivity contribution in [1.29, 1.82) is 0 Å². The van der Waals surface area contributed by atoms with E-state index >= 15 is 0 Å². The number of H-pyrrole nitrogens is 3. The van der Waals surface area contributed by atoms with Gasteiger partial charge in [-0.1, -0.05) is 31.9 Å². The van der Waals surface area contributed by atoms with Crippen molar-refractivity contribution in [3.8, 4) is 0 Å². The number of aromatic amines is 3. The first kappa shape index (κ1) is 28.4. The molecule has 0 saturated carbocycles. The van der Waals surface area contributed by atoms with Crippen molar-refractivity contribution in [3.63, 3.8) is 0 Å². The van der Waals surface area contributed by atoms with Crippen molar-refractivity contribution < 1.29 is 19.8 Å². The highest BCUT2D eigenvalue weighted by molar-refractivity contribution is 6.25. The lowest BCUT2D eigenvalue weighted by Crippen LogP contribution is -2.14. The van der Waals surface area contributed by atoms with E-state index in [-0.39, 0.29) is 19.3 Å². The smallest absolute Gasteiger partial charge is 0.303 e. The molecule has 0 radical (unpaired) electrons. The van der Waals surface area contributed by atoms with E-state index < -0.39 is 11.9 Å². The summed E-state index contributed by atoms with van der Waals surface area (Å²) in [5.41, 5.74) is 10.2. The molecule has 0 fully saturated rings. The Labute approximate surface area is 242 Å². The number of allylic oxidation sites excluding steroid dienone is 3. The molecule has 3 aromatic heterocycles. The van der Waals surface area contributed by atoms with Crippen molar-refractivity contribution in [3.05, 3.63) is 103 Å². The lowest BCUT2D eigenvalue weighted by Gasteiger charge is -2.04. The van der Waals surface area contributed by atoms with E-state index in [2.05, 4.69) is 40.8 Å². The van der Waals surface area contributed by atoms with Crippen LogP contribution in [0.4, 0.5) is 0 Å². The van der Waals surface area contributed by atoms with Gasteiger partial charge in [0.15, 0.2) is 0 Å². The zero-order valence-corrected chi connectivity index (χ0v) is 24.1. The molecule has 2 aliphatic heterocycles. The summed E-state index contributed by atoms with van der Waals surface area (Å²) in [6.07, 6.45) is 12.0. The van der Waals surface area contributed by atoms with E-state index in [1.54, 1.807) is 6.08 Å². The number of carboxylic acid groups (broad SMARTS) is 2. The summed E-state index contributed by atoms with van der Waals surface area (Å²) in [6, 6.07) is 0. The first-order chi connectivity index (χ1) is 20.0. The Bertz CT molecular complexity index is 2020. The molecule has 8 nitrogen and oxygen atoms in total. The highest BCUT2D eigenvalue weighted by atomic mass is 16.4. The molecule has 5 N–H and O–H groups in total. The van der Waals surface area contributed by atoms with Gasteiger partial charge in [-0.15, -0.1) is 0 Å².